The summed E-state index contributed by atoms with van der Waals surface area (Å²) < 4.78 is 3.33. The van der Waals surface area contributed by atoms with E-state index in [9.17, 15) is 4.79 Å². The minimum atomic E-state index is -0.296. The number of aromatic amines is 2. The highest BCUT2D eigenvalue weighted by Crippen LogP contribution is 2.29. The summed E-state index contributed by atoms with van der Waals surface area (Å²) in [6.07, 6.45) is 0. The smallest absolute Gasteiger partial charge is 0.272 e. The first-order valence-corrected chi connectivity index (χ1v) is 6.36. The molecule has 0 aliphatic heterocycles. The molecular weight excluding hydrogens is 358 g/mol. The Morgan fingerprint density at radius 3 is 2.25 bits per heavy atom. The summed E-state index contributed by atoms with van der Waals surface area (Å²) in [6, 6.07) is 3.85. The van der Waals surface area contributed by atoms with Crippen LogP contribution >= 0.6 is 44.1 Å². The molecule has 2 aromatic rings. The Balaban J connectivity index is 2.85. The first-order valence-electron chi connectivity index (χ1n) is 4.36. The fourth-order valence-corrected chi connectivity index (χ4v) is 3.42. The number of H-pyrrole nitrogens is 2. The Bertz CT molecular complexity index is 605. The van der Waals surface area contributed by atoms with Crippen LogP contribution in [-0.4, -0.2) is 14.8 Å². The van der Waals surface area contributed by atoms with E-state index in [0.717, 1.165) is 14.5 Å². The third-order valence-corrected chi connectivity index (χ3v) is 3.56. The van der Waals surface area contributed by atoms with Gasteiger partial charge in [0.15, 0.2) is 0 Å². The molecule has 0 amide bonds. The monoisotopic (exact) mass is 363 g/mol. The molecule has 4 nitrogen and oxygen atoms in total. The highest BCUT2D eigenvalue weighted by Gasteiger charge is 2.12. The number of aromatic nitrogens is 3. The van der Waals surface area contributed by atoms with Gasteiger partial charge in [-0.3, -0.25) is 5.10 Å². The number of nitrogens with zero attached hydrogens (tertiary/aromatic N) is 1. The first kappa shape index (κ1) is 11.8. The van der Waals surface area contributed by atoms with Gasteiger partial charge < -0.3 is 0 Å². The average molecular weight is 365 g/mol. The zero-order valence-corrected chi connectivity index (χ0v) is 12.2. The van der Waals surface area contributed by atoms with Gasteiger partial charge in [0.2, 0.25) is 4.77 Å². The fraction of sp³-hybridized carbons (Fsp3) is 0.111. The Morgan fingerprint density at radius 1 is 1.25 bits per heavy atom. The number of rotatable bonds is 1. The Hall–Kier alpha value is -0.660. The van der Waals surface area contributed by atoms with Crippen LogP contribution in [0, 0.1) is 11.7 Å². The maximum absolute atomic E-state index is 11.6. The van der Waals surface area contributed by atoms with E-state index < -0.39 is 0 Å². The van der Waals surface area contributed by atoms with E-state index >= 15 is 0 Å². The zero-order valence-electron chi connectivity index (χ0n) is 8.17. The summed E-state index contributed by atoms with van der Waals surface area (Å²) in [7, 11) is 0. The van der Waals surface area contributed by atoms with Crippen LogP contribution < -0.4 is 5.69 Å². The van der Waals surface area contributed by atoms with Crippen molar-refractivity contribution in [3.63, 3.8) is 0 Å². The van der Waals surface area contributed by atoms with Gasteiger partial charge in [0, 0.05) is 8.95 Å². The largest absolute Gasteiger partial charge is 0.347 e. The second kappa shape index (κ2) is 4.31. The molecule has 2 N–H and O–H groups in total. The molecule has 0 atom stereocenters. The second-order valence-electron chi connectivity index (χ2n) is 3.27. The van der Waals surface area contributed by atoms with Crippen molar-refractivity contribution in [3.05, 3.63) is 41.9 Å². The van der Waals surface area contributed by atoms with Gasteiger partial charge in [-0.15, -0.1) is 0 Å². The molecule has 1 aromatic carbocycles. The first-order chi connectivity index (χ1) is 7.50. The maximum Gasteiger partial charge on any atom is 0.347 e. The van der Waals surface area contributed by atoms with Crippen LogP contribution in [0.25, 0.3) is 5.69 Å². The number of hydrogen-bond acceptors (Lipinski definition) is 2. The summed E-state index contributed by atoms with van der Waals surface area (Å²) in [5, 5.41) is 5.04. The number of nitrogens with one attached hydrogen (secondary N) is 2. The van der Waals surface area contributed by atoms with E-state index in [0.29, 0.717) is 10.5 Å². The number of benzene rings is 1. The third kappa shape index (κ3) is 1.94. The fourth-order valence-electron chi connectivity index (χ4n) is 1.42. The lowest BCUT2D eigenvalue weighted by Crippen LogP contribution is -2.16. The summed E-state index contributed by atoms with van der Waals surface area (Å²) >= 11 is 11.9. The summed E-state index contributed by atoms with van der Waals surface area (Å²) in [5.74, 6) is 0. The zero-order chi connectivity index (χ0) is 11.9. The van der Waals surface area contributed by atoms with E-state index in [1.165, 1.54) is 4.57 Å². The van der Waals surface area contributed by atoms with Gasteiger partial charge in [0.25, 0.3) is 0 Å². The summed E-state index contributed by atoms with van der Waals surface area (Å²) in [5.41, 5.74) is 1.48. The van der Waals surface area contributed by atoms with Crippen molar-refractivity contribution in [1.29, 1.82) is 0 Å². The van der Waals surface area contributed by atoms with Crippen molar-refractivity contribution in [1.82, 2.24) is 14.8 Å². The predicted molar refractivity (Wildman–Crippen MR) is 71.7 cm³/mol. The van der Waals surface area contributed by atoms with Gasteiger partial charge in [-0.1, -0.05) is 0 Å². The molecular formula is C9H7Br2N3OS. The molecule has 1 aromatic heterocycles. The second-order valence-corrected chi connectivity index (χ2v) is 5.37. The number of hydrogen-bond donors (Lipinski definition) is 2. The molecule has 0 aliphatic rings. The molecule has 0 aliphatic carbocycles. The van der Waals surface area contributed by atoms with Crippen molar-refractivity contribution >= 4 is 44.1 Å². The lowest BCUT2D eigenvalue weighted by Gasteiger charge is -2.08. The molecule has 0 saturated carbocycles. The maximum atomic E-state index is 11.6. The van der Waals surface area contributed by atoms with Gasteiger partial charge in [0.05, 0.1) is 5.69 Å². The molecule has 16 heavy (non-hydrogen) atoms. The van der Waals surface area contributed by atoms with Crippen LogP contribution in [0.2, 0.25) is 0 Å². The molecule has 0 bridgehead atoms. The highest BCUT2D eigenvalue weighted by atomic mass is 79.9. The molecule has 1 heterocycles. The van der Waals surface area contributed by atoms with Crippen LogP contribution in [0.1, 0.15) is 5.56 Å². The highest BCUT2D eigenvalue weighted by molar-refractivity contribution is 9.11. The standard InChI is InChI=1S/C9H7Br2N3OS/c1-4-2-5(10)7(6(11)3-4)14-8(15)12-13-9(14)16/h2-3H,1H3,(H,12,15)(H,13,16). The van der Waals surface area contributed by atoms with Crippen LogP contribution in [0.5, 0.6) is 0 Å². The third-order valence-electron chi connectivity index (χ3n) is 2.07. The topological polar surface area (TPSA) is 53.6 Å². The molecule has 0 radical (unpaired) electrons. The van der Waals surface area contributed by atoms with E-state index in [4.69, 9.17) is 12.2 Å². The normalized spacial score (nSPS) is 10.7. The Morgan fingerprint density at radius 2 is 1.81 bits per heavy atom. The van der Waals surface area contributed by atoms with Crippen LogP contribution in [0.3, 0.4) is 0 Å². The van der Waals surface area contributed by atoms with Gasteiger partial charge in [-0.05, 0) is 68.7 Å². The van der Waals surface area contributed by atoms with Gasteiger partial charge in [-0.25, -0.2) is 14.5 Å². The van der Waals surface area contributed by atoms with Gasteiger partial charge in [0.1, 0.15) is 0 Å². The van der Waals surface area contributed by atoms with Crippen LogP contribution in [-0.2, 0) is 0 Å². The molecule has 0 saturated heterocycles. The molecule has 84 valence electrons. The minimum absolute atomic E-state index is 0.296. The Labute approximate surface area is 113 Å². The van der Waals surface area contributed by atoms with Gasteiger partial charge >= 0.3 is 5.69 Å². The van der Waals surface area contributed by atoms with Crippen molar-refractivity contribution in [2.45, 2.75) is 6.92 Å². The van der Waals surface area contributed by atoms with E-state index in [-0.39, 0.29) is 5.69 Å². The van der Waals surface area contributed by atoms with E-state index in [1.807, 2.05) is 19.1 Å². The average Bonchev–Trinajstić information content (AvgIpc) is 2.47. The number of aryl methyl sites for hydroxylation is 1. The Kier molecular flexibility index (Phi) is 3.18. The number of halogens is 2. The van der Waals surface area contributed by atoms with Crippen LogP contribution in [0.4, 0.5) is 0 Å². The quantitative estimate of drug-likeness (QED) is 0.764. The SMILES string of the molecule is Cc1cc(Br)c(-n2c(=O)[nH][nH]c2=S)c(Br)c1. The lowest BCUT2D eigenvalue weighted by atomic mass is 10.2. The van der Waals surface area contributed by atoms with Crippen molar-refractivity contribution < 1.29 is 0 Å². The van der Waals surface area contributed by atoms with Crippen molar-refractivity contribution in [3.8, 4) is 5.69 Å². The molecule has 0 spiro atoms. The van der Waals surface area contributed by atoms with E-state index in [1.54, 1.807) is 0 Å². The molecule has 7 heteroatoms. The van der Waals surface area contributed by atoms with Crippen molar-refractivity contribution in [2.75, 3.05) is 0 Å². The summed E-state index contributed by atoms with van der Waals surface area (Å²) in [4.78, 5) is 11.6. The predicted octanol–water partition coefficient (Wildman–Crippen LogP) is 3.06. The van der Waals surface area contributed by atoms with Crippen LogP contribution in [0.15, 0.2) is 25.9 Å². The molecule has 0 fully saturated rings. The lowest BCUT2D eigenvalue weighted by molar-refractivity contribution is 0.963. The summed E-state index contributed by atoms with van der Waals surface area (Å²) in [6.45, 7) is 1.97. The van der Waals surface area contributed by atoms with Gasteiger partial charge in [-0.2, -0.15) is 0 Å². The molecule has 0 unspecified atom stereocenters. The van der Waals surface area contributed by atoms with Crippen molar-refractivity contribution in [2.24, 2.45) is 0 Å². The van der Waals surface area contributed by atoms with E-state index in [2.05, 4.69) is 42.1 Å². The molecule has 2 rings (SSSR count). The minimum Gasteiger partial charge on any atom is -0.272 e.